The average molecular weight is 267 g/mol. The van der Waals surface area contributed by atoms with Crippen molar-refractivity contribution in [3.05, 3.63) is 48.7 Å². The van der Waals surface area contributed by atoms with Crippen LogP contribution in [0.3, 0.4) is 0 Å². The first kappa shape index (κ1) is 12.4. The summed E-state index contributed by atoms with van der Waals surface area (Å²) in [5, 5.41) is 1.06. The molecule has 5 nitrogen and oxygen atoms in total. The van der Waals surface area contributed by atoms with Gasteiger partial charge in [0.2, 0.25) is 0 Å². The van der Waals surface area contributed by atoms with Gasteiger partial charge in [0.05, 0.1) is 6.54 Å². The zero-order valence-corrected chi connectivity index (χ0v) is 10.7. The number of carbonyl (C=O) groups is 1. The van der Waals surface area contributed by atoms with Crippen LogP contribution in [0.25, 0.3) is 22.3 Å². The van der Waals surface area contributed by atoms with Crippen molar-refractivity contribution in [3.8, 4) is 17.0 Å². The Hall–Kier alpha value is -2.66. The minimum atomic E-state index is -0.451. The molecule has 0 spiro atoms. The number of fused-ring (bicyclic) bond motifs is 1. The van der Waals surface area contributed by atoms with Gasteiger partial charge in [0.15, 0.2) is 0 Å². The lowest BCUT2D eigenvalue weighted by atomic mass is 10.1. The number of nitrogens with two attached hydrogens (primary N) is 1. The lowest BCUT2D eigenvalue weighted by Crippen LogP contribution is -2.19. The lowest BCUT2D eigenvalue weighted by Gasteiger charge is -2.03. The maximum atomic E-state index is 11.1. The largest absolute Gasteiger partial charge is 0.426 e. The Labute approximate surface area is 115 Å². The second kappa shape index (κ2) is 5.14. The van der Waals surface area contributed by atoms with Gasteiger partial charge in [-0.15, -0.1) is 0 Å². The SMILES string of the molecule is NCC(=O)Oc1ccc(-c2cc3cccnc3[nH]2)cc1. The predicted molar refractivity (Wildman–Crippen MR) is 76.2 cm³/mol. The molecule has 0 atom stereocenters. The van der Waals surface area contributed by atoms with E-state index in [2.05, 4.69) is 9.97 Å². The maximum absolute atomic E-state index is 11.1. The monoisotopic (exact) mass is 267 g/mol. The van der Waals surface area contributed by atoms with Crippen LogP contribution in [0.15, 0.2) is 48.7 Å². The maximum Gasteiger partial charge on any atom is 0.325 e. The number of nitrogens with one attached hydrogen (secondary N) is 1. The highest BCUT2D eigenvalue weighted by molar-refractivity contribution is 5.83. The van der Waals surface area contributed by atoms with E-state index in [0.717, 1.165) is 22.3 Å². The average Bonchev–Trinajstić information content (AvgIpc) is 2.91. The number of H-pyrrole nitrogens is 1. The normalized spacial score (nSPS) is 10.7. The number of esters is 1. The minimum absolute atomic E-state index is 0.130. The molecular weight excluding hydrogens is 254 g/mol. The smallest absolute Gasteiger partial charge is 0.325 e. The van der Waals surface area contributed by atoms with Gasteiger partial charge in [0.1, 0.15) is 11.4 Å². The predicted octanol–water partition coefficient (Wildman–Crippen LogP) is 2.09. The molecule has 0 unspecified atom stereocenters. The van der Waals surface area contributed by atoms with Gasteiger partial charge in [-0.05, 0) is 48.0 Å². The first-order chi connectivity index (χ1) is 9.76. The molecule has 20 heavy (non-hydrogen) atoms. The molecule has 0 fully saturated rings. The fourth-order valence-electron chi connectivity index (χ4n) is 1.99. The van der Waals surface area contributed by atoms with E-state index in [1.165, 1.54) is 0 Å². The highest BCUT2D eigenvalue weighted by Crippen LogP contribution is 2.24. The van der Waals surface area contributed by atoms with Gasteiger partial charge in [0, 0.05) is 17.3 Å². The van der Waals surface area contributed by atoms with E-state index in [9.17, 15) is 4.79 Å². The summed E-state index contributed by atoms with van der Waals surface area (Å²) in [5.74, 6) is 0.0333. The third-order valence-electron chi connectivity index (χ3n) is 2.96. The van der Waals surface area contributed by atoms with Crippen LogP contribution in [0.5, 0.6) is 5.75 Å². The number of pyridine rings is 1. The fraction of sp³-hybridized carbons (Fsp3) is 0.0667. The van der Waals surface area contributed by atoms with E-state index in [-0.39, 0.29) is 6.54 Å². The summed E-state index contributed by atoms with van der Waals surface area (Å²) in [6.07, 6.45) is 1.75. The zero-order valence-electron chi connectivity index (χ0n) is 10.7. The van der Waals surface area contributed by atoms with Crippen molar-refractivity contribution in [1.82, 2.24) is 9.97 Å². The van der Waals surface area contributed by atoms with Crippen molar-refractivity contribution in [2.24, 2.45) is 5.73 Å². The quantitative estimate of drug-likeness (QED) is 0.562. The van der Waals surface area contributed by atoms with E-state index < -0.39 is 5.97 Å². The Morgan fingerprint density at radius 3 is 2.75 bits per heavy atom. The number of aromatic nitrogens is 2. The summed E-state index contributed by atoms with van der Waals surface area (Å²) < 4.78 is 5.03. The van der Waals surface area contributed by atoms with Crippen molar-refractivity contribution < 1.29 is 9.53 Å². The van der Waals surface area contributed by atoms with Crippen LogP contribution < -0.4 is 10.5 Å². The Bertz CT molecular complexity index is 714. The standard InChI is InChI=1S/C15H13N3O2/c16-9-14(19)20-12-5-3-10(4-6-12)13-8-11-2-1-7-17-15(11)18-13/h1-8H,9,16H2,(H,17,18). The van der Waals surface area contributed by atoms with Crippen molar-refractivity contribution in [2.45, 2.75) is 0 Å². The molecule has 0 bridgehead atoms. The van der Waals surface area contributed by atoms with E-state index >= 15 is 0 Å². The molecule has 0 aliphatic heterocycles. The molecule has 0 aliphatic carbocycles. The number of carbonyl (C=O) groups excluding carboxylic acids is 1. The molecule has 3 N–H and O–H groups in total. The summed E-state index contributed by atoms with van der Waals surface area (Å²) in [7, 11) is 0. The Morgan fingerprint density at radius 2 is 2.05 bits per heavy atom. The number of hydrogen-bond acceptors (Lipinski definition) is 4. The van der Waals surface area contributed by atoms with E-state index in [0.29, 0.717) is 5.75 Å². The molecule has 1 aromatic carbocycles. The molecule has 2 aromatic heterocycles. The topological polar surface area (TPSA) is 81.0 Å². The first-order valence-corrected chi connectivity index (χ1v) is 6.21. The fourth-order valence-corrected chi connectivity index (χ4v) is 1.99. The Balaban J connectivity index is 1.88. The summed E-state index contributed by atoms with van der Waals surface area (Å²) in [4.78, 5) is 18.6. The van der Waals surface area contributed by atoms with Gasteiger partial charge in [-0.2, -0.15) is 0 Å². The Kier molecular flexibility index (Phi) is 3.18. The highest BCUT2D eigenvalue weighted by Gasteiger charge is 2.05. The van der Waals surface area contributed by atoms with Gasteiger partial charge in [0.25, 0.3) is 0 Å². The van der Waals surface area contributed by atoms with Crippen LogP contribution in [0.2, 0.25) is 0 Å². The Morgan fingerprint density at radius 1 is 1.25 bits per heavy atom. The number of rotatable bonds is 3. The minimum Gasteiger partial charge on any atom is -0.426 e. The highest BCUT2D eigenvalue weighted by atomic mass is 16.5. The van der Waals surface area contributed by atoms with Gasteiger partial charge < -0.3 is 15.5 Å². The molecule has 100 valence electrons. The second-order valence-corrected chi connectivity index (χ2v) is 4.33. The van der Waals surface area contributed by atoms with Crippen molar-refractivity contribution >= 4 is 17.0 Å². The van der Waals surface area contributed by atoms with Crippen molar-refractivity contribution in [2.75, 3.05) is 6.54 Å². The first-order valence-electron chi connectivity index (χ1n) is 6.21. The molecule has 3 aromatic rings. The number of nitrogens with zero attached hydrogens (tertiary/aromatic N) is 1. The molecule has 0 amide bonds. The lowest BCUT2D eigenvalue weighted by molar-refractivity contribution is -0.132. The number of benzene rings is 1. The molecular formula is C15H13N3O2. The third-order valence-corrected chi connectivity index (χ3v) is 2.96. The van der Waals surface area contributed by atoms with Crippen LogP contribution >= 0.6 is 0 Å². The van der Waals surface area contributed by atoms with Crippen molar-refractivity contribution in [3.63, 3.8) is 0 Å². The summed E-state index contributed by atoms with van der Waals surface area (Å²) in [5.41, 5.74) is 8.01. The molecule has 2 heterocycles. The van der Waals surface area contributed by atoms with E-state index in [1.54, 1.807) is 18.3 Å². The molecule has 0 radical (unpaired) electrons. The summed E-state index contributed by atoms with van der Waals surface area (Å²) >= 11 is 0. The van der Waals surface area contributed by atoms with Crippen LogP contribution in [-0.4, -0.2) is 22.5 Å². The number of ether oxygens (including phenoxy) is 1. The number of hydrogen-bond donors (Lipinski definition) is 2. The van der Waals surface area contributed by atoms with Crippen LogP contribution in [-0.2, 0) is 4.79 Å². The number of aromatic amines is 1. The van der Waals surface area contributed by atoms with Gasteiger partial charge in [-0.25, -0.2) is 4.98 Å². The summed E-state index contributed by atoms with van der Waals surface area (Å²) in [6, 6.07) is 13.2. The second-order valence-electron chi connectivity index (χ2n) is 4.33. The molecule has 3 rings (SSSR count). The van der Waals surface area contributed by atoms with E-state index in [1.807, 2.05) is 30.3 Å². The van der Waals surface area contributed by atoms with Gasteiger partial charge in [-0.1, -0.05) is 0 Å². The molecule has 0 aliphatic rings. The molecule has 5 heteroatoms. The van der Waals surface area contributed by atoms with Gasteiger partial charge >= 0.3 is 5.97 Å². The molecule has 0 saturated heterocycles. The zero-order chi connectivity index (χ0) is 13.9. The van der Waals surface area contributed by atoms with Gasteiger partial charge in [-0.3, -0.25) is 4.79 Å². The third kappa shape index (κ3) is 2.39. The van der Waals surface area contributed by atoms with E-state index in [4.69, 9.17) is 10.5 Å². The van der Waals surface area contributed by atoms with Crippen LogP contribution in [0.4, 0.5) is 0 Å². The molecule has 0 saturated carbocycles. The summed E-state index contributed by atoms with van der Waals surface area (Å²) in [6.45, 7) is -0.130. The van der Waals surface area contributed by atoms with Crippen LogP contribution in [0, 0.1) is 0 Å². The van der Waals surface area contributed by atoms with Crippen LogP contribution in [0.1, 0.15) is 0 Å². The van der Waals surface area contributed by atoms with Crippen molar-refractivity contribution in [1.29, 1.82) is 0 Å².